The van der Waals surface area contributed by atoms with Crippen LogP contribution in [-0.2, 0) is 9.84 Å². The molecule has 5 heteroatoms. The molecule has 1 rings (SSSR count). The summed E-state index contributed by atoms with van der Waals surface area (Å²) in [7, 11) is -1.77. The highest BCUT2D eigenvalue weighted by molar-refractivity contribution is 7.90. The van der Waals surface area contributed by atoms with E-state index in [0.717, 1.165) is 0 Å². The van der Waals surface area contributed by atoms with Gasteiger partial charge in [-0.25, -0.2) is 8.42 Å². The molecule has 0 amide bonds. The van der Waals surface area contributed by atoms with E-state index in [1.807, 2.05) is 0 Å². The second-order valence-corrected chi connectivity index (χ2v) is 5.27. The Morgan fingerprint density at radius 2 is 2.12 bits per heavy atom. The number of methoxy groups -OCH3 is 1. The van der Waals surface area contributed by atoms with E-state index in [0.29, 0.717) is 17.9 Å². The quantitative estimate of drug-likeness (QED) is 0.856. The molecule has 0 aliphatic heterocycles. The van der Waals surface area contributed by atoms with Gasteiger partial charge in [0.15, 0.2) is 9.84 Å². The van der Waals surface area contributed by atoms with Crippen LogP contribution in [0.1, 0.15) is 5.56 Å². The summed E-state index contributed by atoms with van der Waals surface area (Å²) in [5, 5.41) is 0. The van der Waals surface area contributed by atoms with Crippen molar-refractivity contribution in [2.75, 3.05) is 19.9 Å². The summed E-state index contributed by atoms with van der Waals surface area (Å²) in [6, 6.07) is 4.91. The zero-order chi connectivity index (χ0) is 12.2. The molecule has 0 bridgehead atoms. The predicted octanol–water partition coefficient (Wildman–Crippen LogP) is 1.07. The third kappa shape index (κ3) is 2.84. The van der Waals surface area contributed by atoms with Crippen LogP contribution in [-0.4, -0.2) is 28.3 Å². The lowest BCUT2D eigenvalue weighted by molar-refractivity contribution is 0.412. The van der Waals surface area contributed by atoms with Crippen molar-refractivity contribution < 1.29 is 13.2 Å². The highest BCUT2D eigenvalue weighted by Gasteiger charge is 2.14. The standard InChI is InChI=1S/C11H15NO3S/c1-15-10-6-3-7-11(16(2,13)14)9(10)5-4-8-12/h3-7H,8,12H2,1-2H3/b5-4+. The summed E-state index contributed by atoms with van der Waals surface area (Å²) < 4.78 is 28.3. The fourth-order valence-corrected chi connectivity index (χ4v) is 2.27. The highest BCUT2D eigenvalue weighted by Crippen LogP contribution is 2.27. The van der Waals surface area contributed by atoms with Gasteiger partial charge in [-0.2, -0.15) is 0 Å². The maximum Gasteiger partial charge on any atom is 0.176 e. The van der Waals surface area contributed by atoms with Crippen LogP contribution in [0.2, 0.25) is 0 Å². The van der Waals surface area contributed by atoms with E-state index in [1.54, 1.807) is 30.4 Å². The first-order valence-corrected chi connectivity index (χ1v) is 6.63. The molecular weight excluding hydrogens is 226 g/mol. The Morgan fingerprint density at radius 3 is 2.62 bits per heavy atom. The Kier molecular flexibility index (Phi) is 4.09. The summed E-state index contributed by atoms with van der Waals surface area (Å²) >= 11 is 0. The molecule has 0 saturated heterocycles. The van der Waals surface area contributed by atoms with E-state index in [2.05, 4.69) is 0 Å². The SMILES string of the molecule is COc1cccc(S(C)(=O)=O)c1/C=C/CN. The smallest absolute Gasteiger partial charge is 0.176 e. The van der Waals surface area contributed by atoms with Gasteiger partial charge in [0.05, 0.1) is 12.0 Å². The van der Waals surface area contributed by atoms with Gasteiger partial charge in [-0.1, -0.05) is 18.2 Å². The molecule has 0 aromatic heterocycles. The molecule has 1 aromatic rings. The second-order valence-electron chi connectivity index (χ2n) is 3.28. The first kappa shape index (κ1) is 12.7. The van der Waals surface area contributed by atoms with Gasteiger partial charge in [-0.3, -0.25) is 0 Å². The van der Waals surface area contributed by atoms with Gasteiger partial charge in [0, 0.05) is 18.4 Å². The Hall–Kier alpha value is -1.33. The average Bonchev–Trinajstić information content (AvgIpc) is 2.24. The summed E-state index contributed by atoms with van der Waals surface area (Å²) in [5.41, 5.74) is 5.89. The van der Waals surface area contributed by atoms with E-state index in [1.165, 1.54) is 13.4 Å². The van der Waals surface area contributed by atoms with Crippen LogP contribution < -0.4 is 10.5 Å². The monoisotopic (exact) mass is 241 g/mol. The number of benzene rings is 1. The van der Waals surface area contributed by atoms with Crippen molar-refractivity contribution in [1.29, 1.82) is 0 Å². The maximum absolute atomic E-state index is 11.6. The fraction of sp³-hybridized carbons (Fsp3) is 0.273. The molecule has 16 heavy (non-hydrogen) atoms. The molecular formula is C11H15NO3S. The minimum Gasteiger partial charge on any atom is -0.496 e. The van der Waals surface area contributed by atoms with E-state index >= 15 is 0 Å². The summed E-state index contributed by atoms with van der Waals surface area (Å²) in [6.07, 6.45) is 4.52. The minimum atomic E-state index is -3.27. The minimum absolute atomic E-state index is 0.247. The average molecular weight is 241 g/mol. The van der Waals surface area contributed by atoms with E-state index < -0.39 is 9.84 Å². The lowest BCUT2D eigenvalue weighted by Gasteiger charge is -2.09. The topological polar surface area (TPSA) is 69.4 Å². The Bertz CT molecular complexity index is 492. The van der Waals surface area contributed by atoms with Crippen molar-refractivity contribution in [1.82, 2.24) is 0 Å². The van der Waals surface area contributed by atoms with Gasteiger partial charge in [-0.05, 0) is 12.1 Å². The number of rotatable bonds is 4. The molecule has 0 heterocycles. The summed E-state index contributed by atoms with van der Waals surface area (Å²) in [6.45, 7) is 0.348. The maximum atomic E-state index is 11.6. The van der Waals surface area contributed by atoms with Gasteiger partial charge in [-0.15, -0.1) is 0 Å². The van der Waals surface area contributed by atoms with Crippen molar-refractivity contribution in [2.24, 2.45) is 5.73 Å². The molecule has 0 saturated carbocycles. The van der Waals surface area contributed by atoms with Gasteiger partial charge < -0.3 is 10.5 Å². The van der Waals surface area contributed by atoms with Crippen molar-refractivity contribution in [3.05, 3.63) is 29.8 Å². The Labute approximate surface area is 95.6 Å². The molecule has 0 aliphatic rings. The van der Waals surface area contributed by atoms with Crippen LogP contribution in [0, 0.1) is 0 Å². The zero-order valence-electron chi connectivity index (χ0n) is 9.30. The molecule has 1 aromatic carbocycles. The highest BCUT2D eigenvalue weighted by atomic mass is 32.2. The lowest BCUT2D eigenvalue weighted by atomic mass is 10.2. The number of sulfone groups is 1. The number of nitrogens with two attached hydrogens (primary N) is 1. The molecule has 0 atom stereocenters. The molecule has 0 radical (unpaired) electrons. The van der Waals surface area contributed by atoms with Crippen molar-refractivity contribution >= 4 is 15.9 Å². The fourth-order valence-electron chi connectivity index (χ4n) is 1.38. The molecule has 2 N–H and O–H groups in total. The molecule has 0 spiro atoms. The van der Waals surface area contributed by atoms with Crippen molar-refractivity contribution in [2.45, 2.75) is 4.90 Å². The van der Waals surface area contributed by atoms with E-state index in [9.17, 15) is 8.42 Å². The molecule has 88 valence electrons. The van der Waals surface area contributed by atoms with Crippen LogP contribution >= 0.6 is 0 Å². The van der Waals surface area contributed by atoms with Crippen LogP contribution in [0.5, 0.6) is 5.75 Å². The first-order chi connectivity index (χ1) is 7.50. The first-order valence-electron chi connectivity index (χ1n) is 4.74. The van der Waals surface area contributed by atoms with Gasteiger partial charge in [0.2, 0.25) is 0 Å². The second kappa shape index (κ2) is 5.14. The summed E-state index contributed by atoms with van der Waals surface area (Å²) in [4.78, 5) is 0.247. The molecule has 0 fully saturated rings. The summed E-state index contributed by atoms with van der Waals surface area (Å²) in [5.74, 6) is 0.521. The zero-order valence-corrected chi connectivity index (χ0v) is 10.1. The van der Waals surface area contributed by atoms with Crippen molar-refractivity contribution in [3.8, 4) is 5.75 Å². The largest absolute Gasteiger partial charge is 0.496 e. The number of hydrogen-bond donors (Lipinski definition) is 1. The van der Waals surface area contributed by atoms with Crippen LogP contribution in [0.4, 0.5) is 0 Å². The van der Waals surface area contributed by atoms with E-state index in [4.69, 9.17) is 10.5 Å². The van der Waals surface area contributed by atoms with Gasteiger partial charge in [0.1, 0.15) is 5.75 Å². The van der Waals surface area contributed by atoms with Crippen LogP contribution in [0.15, 0.2) is 29.2 Å². The van der Waals surface area contributed by atoms with E-state index in [-0.39, 0.29) is 4.90 Å². The Morgan fingerprint density at radius 1 is 1.44 bits per heavy atom. The van der Waals surface area contributed by atoms with Crippen LogP contribution in [0.25, 0.3) is 6.08 Å². The predicted molar refractivity (Wildman–Crippen MR) is 64.2 cm³/mol. The number of hydrogen-bond acceptors (Lipinski definition) is 4. The van der Waals surface area contributed by atoms with Gasteiger partial charge >= 0.3 is 0 Å². The lowest BCUT2D eigenvalue weighted by Crippen LogP contribution is -2.02. The van der Waals surface area contributed by atoms with Gasteiger partial charge in [0.25, 0.3) is 0 Å². The van der Waals surface area contributed by atoms with Crippen LogP contribution in [0.3, 0.4) is 0 Å². The molecule has 0 aliphatic carbocycles. The molecule has 0 unspecified atom stereocenters. The number of ether oxygens (including phenoxy) is 1. The molecule has 4 nitrogen and oxygen atoms in total. The normalized spacial score (nSPS) is 11.9. The third-order valence-electron chi connectivity index (χ3n) is 2.07. The Balaban J connectivity index is 3.44. The van der Waals surface area contributed by atoms with Crippen molar-refractivity contribution in [3.63, 3.8) is 0 Å². The third-order valence-corrected chi connectivity index (χ3v) is 3.22.